The fourth-order valence-corrected chi connectivity index (χ4v) is 2.13. The van der Waals surface area contributed by atoms with Crippen LogP contribution in [-0.2, 0) is 6.54 Å². The summed E-state index contributed by atoms with van der Waals surface area (Å²) >= 11 is 0. The average Bonchev–Trinajstić information content (AvgIpc) is 3.01. The Hall–Kier alpha value is -3.28. The maximum absolute atomic E-state index is 11.1. The number of carbonyl (C=O) groups is 1. The molecule has 0 saturated carbocycles. The molecule has 0 spiro atoms. The van der Waals surface area contributed by atoms with Gasteiger partial charge in [-0.05, 0) is 39.8 Å². The Morgan fingerprint density at radius 2 is 1.78 bits per heavy atom. The number of benzene rings is 2. The van der Waals surface area contributed by atoms with Crippen LogP contribution in [-0.4, -0.2) is 26.1 Å². The van der Waals surface area contributed by atoms with Crippen molar-refractivity contribution in [3.63, 3.8) is 0 Å². The predicted molar refractivity (Wildman–Crippen MR) is 87.2 cm³/mol. The lowest BCUT2D eigenvalue weighted by molar-refractivity contribution is 0.100. The zero-order valence-corrected chi connectivity index (χ0v) is 12.3. The molecule has 0 aliphatic rings. The van der Waals surface area contributed by atoms with Gasteiger partial charge in [0.15, 0.2) is 5.82 Å². The quantitative estimate of drug-likeness (QED) is 0.781. The van der Waals surface area contributed by atoms with Gasteiger partial charge in [0.25, 0.3) is 0 Å². The molecular weight excluding hydrogens is 290 g/mol. The standard InChI is InChI=1S/C17H15N5O/c18-17(23)15-9-6-14(7-10-15)12-22-16(19-20-21-22)11-8-13-4-2-1-3-5-13/h1-11H,12H2,(H2,18,23)/b11-8+. The van der Waals surface area contributed by atoms with E-state index in [-0.39, 0.29) is 0 Å². The van der Waals surface area contributed by atoms with Gasteiger partial charge >= 0.3 is 0 Å². The van der Waals surface area contributed by atoms with Crippen LogP contribution < -0.4 is 5.73 Å². The lowest BCUT2D eigenvalue weighted by Crippen LogP contribution is -2.11. The number of nitrogens with zero attached hydrogens (tertiary/aromatic N) is 4. The molecule has 1 aromatic heterocycles. The van der Waals surface area contributed by atoms with Gasteiger partial charge < -0.3 is 5.73 Å². The Labute approximate surface area is 133 Å². The Morgan fingerprint density at radius 3 is 2.48 bits per heavy atom. The van der Waals surface area contributed by atoms with Gasteiger partial charge in [0.2, 0.25) is 5.91 Å². The number of nitrogens with two attached hydrogens (primary N) is 1. The van der Waals surface area contributed by atoms with Crippen LogP contribution in [0.3, 0.4) is 0 Å². The number of tetrazole rings is 1. The van der Waals surface area contributed by atoms with E-state index in [1.54, 1.807) is 16.8 Å². The van der Waals surface area contributed by atoms with E-state index >= 15 is 0 Å². The Balaban J connectivity index is 1.76. The van der Waals surface area contributed by atoms with Gasteiger partial charge in [-0.1, -0.05) is 48.5 Å². The van der Waals surface area contributed by atoms with Crippen molar-refractivity contribution in [3.05, 3.63) is 77.1 Å². The van der Waals surface area contributed by atoms with Crippen molar-refractivity contribution in [3.8, 4) is 0 Å². The molecule has 0 aliphatic heterocycles. The van der Waals surface area contributed by atoms with Crippen molar-refractivity contribution in [2.24, 2.45) is 5.73 Å². The summed E-state index contributed by atoms with van der Waals surface area (Å²) in [7, 11) is 0. The number of carbonyl (C=O) groups excluding carboxylic acids is 1. The molecule has 3 aromatic rings. The topological polar surface area (TPSA) is 86.7 Å². The second-order valence-electron chi connectivity index (χ2n) is 5.00. The second-order valence-corrected chi connectivity index (χ2v) is 5.00. The first-order valence-corrected chi connectivity index (χ1v) is 7.10. The summed E-state index contributed by atoms with van der Waals surface area (Å²) in [5.74, 6) is 0.221. The number of rotatable bonds is 5. The Bertz CT molecular complexity index is 822. The third kappa shape index (κ3) is 3.68. The summed E-state index contributed by atoms with van der Waals surface area (Å²) < 4.78 is 1.69. The van der Waals surface area contributed by atoms with E-state index in [4.69, 9.17) is 5.73 Å². The van der Waals surface area contributed by atoms with Crippen molar-refractivity contribution < 1.29 is 4.79 Å². The molecule has 0 bridgehead atoms. The summed E-state index contributed by atoms with van der Waals surface area (Å²) in [6.45, 7) is 0.514. The first-order valence-electron chi connectivity index (χ1n) is 7.10. The van der Waals surface area contributed by atoms with Gasteiger partial charge in [-0.3, -0.25) is 4.79 Å². The van der Waals surface area contributed by atoms with Crippen molar-refractivity contribution in [1.29, 1.82) is 0 Å². The molecule has 0 saturated heterocycles. The first kappa shape index (κ1) is 14.6. The van der Waals surface area contributed by atoms with Crippen molar-refractivity contribution >= 4 is 18.1 Å². The molecule has 3 rings (SSSR count). The maximum Gasteiger partial charge on any atom is 0.248 e. The van der Waals surface area contributed by atoms with Gasteiger partial charge in [0.1, 0.15) is 0 Å². The van der Waals surface area contributed by atoms with E-state index in [0.717, 1.165) is 11.1 Å². The molecule has 0 atom stereocenters. The molecule has 6 nitrogen and oxygen atoms in total. The highest BCUT2D eigenvalue weighted by Gasteiger charge is 2.05. The van der Waals surface area contributed by atoms with Gasteiger partial charge in [0, 0.05) is 5.56 Å². The average molecular weight is 305 g/mol. The number of hydrogen-bond donors (Lipinski definition) is 1. The van der Waals surface area contributed by atoms with Crippen LogP contribution in [0.25, 0.3) is 12.2 Å². The van der Waals surface area contributed by atoms with Crippen LogP contribution >= 0.6 is 0 Å². The van der Waals surface area contributed by atoms with Crippen LogP contribution in [0.15, 0.2) is 54.6 Å². The van der Waals surface area contributed by atoms with Gasteiger partial charge in [-0.15, -0.1) is 5.10 Å². The summed E-state index contributed by atoms with van der Waals surface area (Å²) in [6, 6.07) is 17.0. The second kappa shape index (κ2) is 6.65. The maximum atomic E-state index is 11.1. The lowest BCUT2D eigenvalue weighted by atomic mass is 10.1. The van der Waals surface area contributed by atoms with E-state index in [0.29, 0.717) is 17.9 Å². The lowest BCUT2D eigenvalue weighted by Gasteiger charge is -2.03. The summed E-state index contributed by atoms with van der Waals surface area (Å²) in [6.07, 6.45) is 3.82. The summed E-state index contributed by atoms with van der Waals surface area (Å²) in [4.78, 5) is 11.1. The predicted octanol–water partition coefficient (Wildman–Crippen LogP) is 1.99. The molecule has 0 aliphatic carbocycles. The summed E-state index contributed by atoms with van der Waals surface area (Å²) in [5.41, 5.74) is 7.77. The van der Waals surface area contributed by atoms with E-state index in [1.165, 1.54) is 0 Å². The fraction of sp³-hybridized carbons (Fsp3) is 0.0588. The minimum Gasteiger partial charge on any atom is -0.366 e. The number of primary amides is 1. The van der Waals surface area contributed by atoms with Gasteiger partial charge in [-0.2, -0.15) is 0 Å². The Kier molecular flexibility index (Phi) is 4.24. The molecule has 6 heteroatoms. The third-order valence-electron chi connectivity index (χ3n) is 3.35. The van der Waals surface area contributed by atoms with Crippen LogP contribution in [0.2, 0.25) is 0 Å². The van der Waals surface area contributed by atoms with Gasteiger partial charge in [0.05, 0.1) is 6.54 Å². The minimum atomic E-state index is -0.439. The number of hydrogen-bond acceptors (Lipinski definition) is 4. The molecule has 1 amide bonds. The molecule has 114 valence electrons. The smallest absolute Gasteiger partial charge is 0.248 e. The first-order chi connectivity index (χ1) is 11.2. The largest absolute Gasteiger partial charge is 0.366 e. The summed E-state index contributed by atoms with van der Waals surface area (Å²) in [5, 5.41) is 11.7. The highest BCUT2D eigenvalue weighted by molar-refractivity contribution is 5.92. The SMILES string of the molecule is NC(=O)c1ccc(Cn2nnnc2/C=C/c2ccccc2)cc1. The van der Waals surface area contributed by atoms with E-state index < -0.39 is 5.91 Å². The monoisotopic (exact) mass is 305 g/mol. The van der Waals surface area contributed by atoms with Crippen LogP contribution in [0.1, 0.15) is 27.3 Å². The minimum absolute atomic E-state index is 0.439. The zero-order chi connectivity index (χ0) is 16.1. The van der Waals surface area contributed by atoms with Crippen LogP contribution in [0.5, 0.6) is 0 Å². The molecule has 0 fully saturated rings. The van der Waals surface area contributed by atoms with Crippen LogP contribution in [0, 0.1) is 0 Å². The Morgan fingerprint density at radius 1 is 1.04 bits per heavy atom. The van der Waals surface area contributed by atoms with E-state index in [1.807, 2.05) is 54.6 Å². The molecule has 2 aromatic carbocycles. The van der Waals surface area contributed by atoms with Crippen molar-refractivity contribution in [1.82, 2.24) is 20.2 Å². The van der Waals surface area contributed by atoms with Gasteiger partial charge in [-0.25, -0.2) is 4.68 Å². The third-order valence-corrected chi connectivity index (χ3v) is 3.35. The molecule has 2 N–H and O–H groups in total. The molecular formula is C17H15N5O. The highest BCUT2D eigenvalue weighted by Crippen LogP contribution is 2.09. The zero-order valence-electron chi connectivity index (χ0n) is 12.3. The number of amides is 1. The fourth-order valence-electron chi connectivity index (χ4n) is 2.13. The van der Waals surface area contributed by atoms with Crippen molar-refractivity contribution in [2.45, 2.75) is 6.54 Å². The molecule has 1 heterocycles. The highest BCUT2D eigenvalue weighted by atomic mass is 16.1. The molecule has 0 radical (unpaired) electrons. The van der Waals surface area contributed by atoms with Crippen molar-refractivity contribution in [2.75, 3.05) is 0 Å². The normalized spacial score (nSPS) is 11.0. The molecule has 0 unspecified atom stereocenters. The van der Waals surface area contributed by atoms with Crippen LogP contribution in [0.4, 0.5) is 0 Å². The number of aromatic nitrogens is 4. The van der Waals surface area contributed by atoms with E-state index in [9.17, 15) is 4.79 Å². The van der Waals surface area contributed by atoms with E-state index in [2.05, 4.69) is 15.5 Å². The molecule has 23 heavy (non-hydrogen) atoms.